The summed E-state index contributed by atoms with van der Waals surface area (Å²) in [5.74, 6) is 0.793. The summed E-state index contributed by atoms with van der Waals surface area (Å²) >= 11 is 0. The van der Waals surface area contributed by atoms with Crippen LogP contribution in [-0.2, 0) is 0 Å². The highest BCUT2D eigenvalue weighted by Crippen LogP contribution is 2.25. The molecular formula is C11H22N2. The molecule has 1 aliphatic rings. The van der Waals surface area contributed by atoms with E-state index in [9.17, 15) is 0 Å². The Morgan fingerprint density at radius 2 is 2.23 bits per heavy atom. The van der Waals surface area contributed by atoms with Gasteiger partial charge < -0.3 is 10.6 Å². The largest absolute Gasteiger partial charge is 0.391 e. The highest BCUT2D eigenvalue weighted by molar-refractivity contribution is 4.93. The van der Waals surface area contributed by atoms with Gasteiger partial charge in [-0.05, 0) is 44.8 Å². The Morgan fingerprint density at radius 1 is 1.38 bits per heavy atom. The fourth-order valence-corrected chi connectivity index (χ4v) is 1.89. The van der Waals surface area contributed by atoms with Crippen LogP contribution in [0.15, 0.2) is 12.3 Å². The van der Waals surface area contributed by atoms with Crippen molar-refractivity contribution in [2.24, 2.45) is 5.92 Å². The van der Waals surface area contributed by atoms with Gasteiger partial charge in [-0.15, -0.1) is 0 Å². The molecule has 76 valence electrons. The number of allylic oxidation sites excluding steroid dienone is 1. The minimum atomic E-state index is 0.751. The second-order valence-electron chi connectivity index (χ2n) is 3.87. The van der Waals surface area contributed by atoms with Crippen LogP contribution in [0.2, 0.25) is 0 Å². The predicted octanol–water partition coefficient (Wildman–Crippen LogP) is 1.89. The van der Waals surface area contributed by atoms with E-state index in [1.165, 1.54) is 25.7 Å². The maximum absolute atomic E-state index is 3.34. The normalized spacial score (nSPS) is 28.5. The van der Waals surface area contributed by atoms with Gasteiger partial charge >= 0.3 is 0 Å². The lowest BCUT2D eigenvalue weighted by atomic mass is 10.1. The van der Waals surface area contributed by atoms with Crippen molar-refractivity contribution in [2.75, 3.05) is 13.6 Å². The fraction of sp³-hybridized carbons (Fsp3) is 0.818. The van der Waals surface area contributed by atoms with Crippen LogP contribution in [0.25, 0.3) is 0 Å². The van der Waals surface area contributed by atoms with Gasteiger partial charge in [0, 0.05) is 12.6 Å². The maximum Gasteiger partial charge on any atom is 0.0138 e. The highest BCUT2D eigenvalue weighted by atomic mass is 14.9. The van der Waals surface area contributed by atoms with Gasteiger partial charge in [0.25, 0.3) is 0 Å². The molecule has 1 rings (SSSR count). The lowest BCUT2D eigenvalue weighted by Crippen LogP contribution is -2.21. The minimum absolute atomic E-state index is 0.751. The summed E-state index contributed by atoms with van der Waals surface area (Å²) in [6.07, 6.45) is 9.64. The van der Waals surface area contributed by atoms with Gasteiger partial charge in [0.05, 0.1) is 0 Å². The van der Waals surface area contributed by atoms with Gasteiger partial charge in [-0.1, -0.05) is 13.0 Å². The topological polar surface area (TPSA) is 24.1 Å². The zero-order valence-electron chi connectivity index (χ0n) is 8.84. The van der Waals surface area contributed by atoms with Crippen molar-refractivity contribution in [2.45, 2.75) is 38.6 Å². The van der Waals surface area contributed by atoms with Crippen LogP contribution >= 0.6 is 0 Å². The third-order valence-electron chi connectivity index (χ3n) is 2.76. The molecular weight excluding hydrogens is 160 g/mol. The predicted molar refractivity (Wildman–Crippen MR) is 57.6 cm³/mol. The lowest BCUT2D eigenvalue weighted by Gasteiger charge is -2.06. The Kier molecular flexibility index (Phi) is 4.91. The minimum Gasteiger partial charge on any atom is -0.391 e. The monoisotopic (exact) mass is 182 g/mol. The van der Waals surface area contributed by atoms with Crippen molar-refractivity contribution in [3.63, 3.8) is 0 Å². The second kappa shape index (κ2) is 6.03. The zero-order valence-corrected chi connectivity index (χ0v) is 8.84. The molecule has 1 aliphatic carbocycles. The molecule has 0 radical (unpaired) electrons. The van der Waals surface area contributed by atoms with Crippen LogP contribution in [0.1, 0.15) is 32.6 Å². The number of rotatable bonds is 5. The molecule has 13 heavy (non-hydrogen) atoms. The van der Waals surface area contributed by atoms with E-state index in [0.29, 0.717) is 0 Å². The fourth-order valence-electron chi connectivity index (χ4n) is 1.89. The third kappa shape index (κ3) is 3.81. The Labute approximate surface area is 81.8 Å². The summed E-state index contributed by atoms with van der Waals surface area (Å²) in [5, 5.41) is 6.63. The van der Waals surface area contributed by atoms with E-state index in [0.717, 1.165) is 18.5 Å². The summed E-state index contributed by atoms with van der Waals surface area (Å²) in [6.45, 7) is 3.28. The molecule has 0 aliphatic heterocycles. The molecule has 0 amide bonds. The SMILES string of the molecule is CCCNC=CC1CCC(NC)C1. The first kappa shape index (κ1) is 10.6. The molecule has 0 bridgehead atoms. The van der Waals surface area contributed by atoms with Crippen LogP contribution in [-0.4, -0.2) is 19.6 Å². The van der Waals surface area contributed by atoms with Gasteiger partial charge in [-0.2, -0.15) is 0 Å². The van der Waals surface area contributed by atoms with Gasteiger partial charge in [-0.25, -0.2) is 0 Å². The van der Waals surface area contributed by atoms with Crippen LogP contribution in [0.5, 0.6) is 0 Å². The Hall–Kier alpha value is -0.500. The molecule has 2 unspecified atom stereocenters. The molecule has 1 saturated carbocycles. The quantitative estimate of drug-likeness (QED) is 0.634. The summed E-state index contributed by atoms with van der Waals surface area (Å²) in [5.41, 5.74) is 0. The zero-order chi connectivity index (χ0) is 9.52. The Balaban J connectivity index is 2.12. The van der Waals surface area contributed by atoms with Crippen LogP contribution in [0.3, 0.4) is 0 Å². The van der Waals surface area contributed by atoms with E-state index in [1.807, 2.05) is 0 Å². The molecule has 0 aromatic heterocycles. The van der Waals surface area contributed by atoms with Crippen LogP contribution in [0, 0.1) is 5.92 Å². The average Bonchev–Trinajstić information content (AvgIpc) is 2.60. The van der Waals surface area contributed by atoms with E-state index in [1.54, 1.807) is 0 Å². The van der Waals surface area contributed by atoms with Crippen LogP contribution in [0.4, 0.5) is 0 Å². The average molecular weight is 182 g/mol. The Morgan fingerprint density at radius 3 is 2.85 bits per heavy atom. The molecule has 0 aromatic carbocycles. The van der Waals surface area contributed by atoms with Crippen molar-refractivity contribution >= 4 is 0 Å². The molecule has 0 aromatic rings. The summed E-state index contributed by atoms with van der Waals surface area (Å²) in [4.78, 5) is 0. The van der Waals surface area contributed by atoms with E-state index >= 15 is 0 Å². The second-order valence-corrected chi connectivity index (χ2v) is 3.87. The van der Waals surface area contributed by atoms with Gasteiger partial charge in [0.15, 0.2) is 0 Å². The van der Waals surface area contributed by atoms with Crippen molar-refractivity contribution in [1.29, 1.82) is 0 Å². The molecule has 1 fully saturated rings. The maximum atomic E-state index is 3.34. The summed E-state index contributed by atoms with van der Waals surface area (Å²) in [6, 6.07) is 0.751. The van der Waals surface area contributed by atoms with Crippen LogP contribution < -0.4 is 10.6 Å². The Bertz CT molecular complexity index is 154. The van der Waals surface area contributed by atoms with Crippen molar-refractivity contribution < 1.29 is 0 Å². The van der Waals surface area contributed by atoms with Crippen molar-refractivity contribution in [3.8, 4) is 0 Å². The number of hydrogen-bond acceptors (Lipinski definition) is 2. The first-order chi connectivity index (χ1) is 6.36. The third-order valence-corrected chi connectivity index (χ3v) is 2.76. The first-order valence-electron chi connectivity index (χ1n) is 5.44. The van der Waals surface area contributed by atoms with E-state index in [2.05, 4.69) is 36.9 Å². The molecule has 2 nitrogen and oxygen atoms in total. The first-order valence-corrected chi connectivity index (χ1v) is 5.44. The standard InChI is InChI=1S/C11H22N2/c1-3-7-13-8-6-10-4-5-11(9-10)12-2/h6,8,10-13H,3-5,7,9H2,1-2H3. The smallest absolute Gasteiger partial charge is 0.0138 e. The van der Waals surface area contributed by atoms with Gasteiger partial charge in [0.2, 0.25) is 0 Å². The molecule has 2 atom stereocenters. The lowest BCUT2D eigenvalue weighted by molar-refractivity contribution is 0.564. The highest BCUT2D eigenvalue weighted by Gasteiger charge is 2.20. The van der Waals surface area contributed by atoms with E-state index < -0.39 is 0 Å². The molecule has 0 spiro atoms. The number of nitrogens with one attached hydrogen (secondary N) is 2. The molecule has 0 heterocycles. The van der Waals surface area contributed by atoms with Crippen molar-refractivity contribution in [3.05, 3.63) is 12.3 Å². The molecule has 0 saturated heterocycles. The van der Waals surface area contributed by atoms with Gasteiger partial charge in [0.1, 0.15) is 0 Å². The van der Waals surface area contributed by atoms with Crippen molar-refractivity contribution in [1.82, 2.24) is 10.6 Å². The summed E-state index contributed by atoms with van der Waals surface area (Å²) < 4.78 is 0. The molecule has 2 heteroatoms. The van der Waals surface area contributed by atoms with E-state index in [-0.39, 0.29) is 0 Å². The molecule has 2 N–H and O–H groups in total. The summed E-state index contributed by atoms with van der Waals surface area (Å²) in [7, 11) is 2.06. The van der Waals surface area contributed by atoms with E-state index in [4.69, 9.17) is 0 Å². The van der Waals surface area contributed by atoms with Gasteiger partial charge in [-0.3, -0.25) is 0 Å². The number of hydrogen-bond donors (Lipinski definition) is 2.